The van der Waals surface area contributed by atoms with Crippen LogP contribution in [0.4, 0.5) is 17.1 Å². The highest BCUT2D eigenvalue weighted by atomic mass is 32.1. The Hall–Kier alpha value is -6.52. The van der Waals surface area contributed by atoms with Crippen molar-refractivity contribution in [3.8, 4) is 33.4 Å². The van der Waals surface area contributed by atoms with Gasteiger partial charge >= 0.3 is 0 Å². The van der Waals surface area contributed by atoms with Gasteiger partial charge in [-0.25, -0.2) is 0 Å². The van der Waals surface area contributed by atoms with Gasteiger partial charge in [0.15, 0.2) is 0 Å². The van der Waals surface area contributed by atoms with E-state index in [1.807, 2.05) is 22.7 Å². The quantitative estimate of drug-likeness (QED) is 0.164. The number of anilines is 3. The highest BCUT2D eigenvalue weighted by Crippen LogP contribution is 2.43. The second-order valence-corrected chi connectivity index (χ2v) is 16.2. The second-order valence-electron chi connectivity index (χ2n) is 14.1. The lowest BCUT2D eigenvalue weighted by molar-refractivity contribution is 1.28. The SMILES string of the molecule is c1ccc(-c2cccc(N(c3ccc(-c4ccc5c(c4)sc4ccc6ccccc6c45)cc3)c3ccc(-c4cccc5c4sc4ccccc45)cc3)c2)cc1. The number of thiophene rings is 2. The van der Waals surface area contributed by atoms with Crippen molar-refractivity contribution in [3.63, 3.8) is 0 Å². The van der Waals surface area contributed by atoms with Crippen molar-refractivity contribution in [2.24, 2.45) is 0 Å². The van der Waals surface area contributed by atoms with Gasteiger partial charge in [-0.3, -0.25) is 0 Å². The summed E-state index contributed by atoms with van der Waals surface area (Å²) in [5, 5.41) is 7.95. The topological polar surface area (TPSA) is 3.24 Å². The van der Waals surface area contributed by atoms with Gasteiger partial charge in [-0.15, -0.1) is 22.7 Å². The van der Waals surface area contributed by atoms with Crippen molar-refractivity contribution in [1.82, 2.24) is 0 Å². The van der Waals surface area contributed by atoms with E-state index in [1.54, 1.807) is 0 Å². The average Bonchev–Trinajstić information content (AvgIpc) is 3.83. The Balaban J connectivity index is 0.990. The van der Waals surface area contributed by atoms with Crippen LogP contribution in [0.1, 0.15) is 0 Å². The van der Waals surface area contributed by atoms with Crippen molar-refractivity contribution in [1.29, 1.82) is 0 Å². The van der Waals surface area contributed by atoms with Crippen LogP contribution < -0.4 is 4.90 Å². The van der Waals surface area contributed by atoms with Crippen LogP contribution >= 0.6 is 22.7 Å². The predicted molar refractivity (Wildman–Crippen MR) is 241 cm³/mol. The minimum atomic E-state index is 1.11. The third-order valence-electron chi connectivity index (χ3n) is 10.9. The summed E-state index contributed by atoms with van der Waals surface area (Å²) in [6, 6.07) is 73.3. The molecule has 9 aromatic carbocycles. The largest absolute Gasteiger partial charge is 0.310 e. The van der Waals surface area contributed by atoms with Gasteiger partial charge in [-0.2, -0.15) is 0 Å². The molecule has 1 nitrogen and oxygen atoms in total. The molecule has 11 rings (SSSR count). The number of fused-ring (bicyclic) bond motifs is 8. The molecular weight excluding hydrogens is 703 g/mol. The molecule has 0 spiro atoms. The average molecular weight is 736 g/mol. The van der Waals surface area contributed by atoms with Crippen LogP contribution in [-0.2, 0) is 0 Å². The van der Waals surface area contributed by atoms with E-state index in [0.717, 1.165) is 17.1 Å². The molecule has 0 unspecified atom stereocenters. The molecule has 3 heteroatoms. The molecule has 0 aliphatic carbocycles. The summed E-state index contributed by atoms with van der Waals surface area (Å²) in [6.45, 7) is 0. The molecule has 0 amide bonds. The summed E-state index contributed by atoms with van der Waals surface area (Å²) in [4.78, 5) is 2.38. The van der Waals surface area contributed by atoms with Crippen molar-refractivity contribution >= 4 is 90.9 Å². The zero-order chi connectivity index (χ0) is 36.3. The standard InChI is InChI=1S/C52H33NS2/c1-2-10-34(11-3-1)38-13-8-14-42(32-38)53(41-28-22-37(23-29-41)44-17-9-18-46-45-16-6-7-19-48(45)55-52(44)46)40-26-20-35(21-27-40)39-24-30-47-50(33-39)54-49-31-25-36-12-4-5-15-43(36)51(47)49/h1-33H. The molecule has 0 atom stereocenters. The van der Waals surface area contributed by atoms with Crippen molar-refractivity contribution < 1.29 is 0 Å². The van der Waals surface area contributed by atoms with E-state index in [0.29, 0.717) is 0 Å². The number of hydrogen-bond acceptors (Lipinski definition) is 3. The third-order valence-corrected chi connectivity index (χ3v) is 13.2. The minimum Gasteiger partial charge on any atom is -0.310 e. The molecule has 11 aromatic rings. The summed E-state index contributed by atoms with van der Waals surface area (Å²) in [6.07, 6.45) is 0. The van der Waals surface area contributed by atoms with Crippen molar-refractivity contribution in [2.75, 3.05) is 4.90 Å². The fourth-order valence-electron chi connectivity index (χ4n) is 8.20. The molecule has 0 saturated heterocycles. The van der Waals surface area contributed by atoms with E-state index < -0.39 is 0 Å². The summed E-state index contributed by atoms with van der Waals surface area (Å²) in [5.41, 5.74) is 10.7. The van der Waals surface area contributed by atoms with Gasteiger partial charge in [-0.05, 0) is 98.8 Å². The van der Waals surface area contributed by atoms with Crippen LogP contribution in [0.2, 0.25) is 0 Å². The second kappa shape index (κ2) is 13.1. The highest BCUT2D eigenvalue weighted by molar-refractivity contribution is 7.26. The predicted octanol–water partition coefficient (Wildman–Crippen LogP) is 16.0. The van der Waals surface area contributed by atoms with Gasteiger partial charge in [-0.1, -0.05) is 146 Å². The first kappa shape index (κ1) is 32.0. The lowest BCUT2D eigenvalue weighted by Crippen LogP contribution is -2.10. The Labute approximate surface area is 327 Å². The molecule has 0 radical (unpaired) electrons. The van der Waals surface area contributed by atoms with Gasteiger partial charge in [0.05, 0.1) is 0 Å². The van der Waals surface area contributed by atoms with Gasteiger partial charge in [0.1, 0.15) is 0 Å². The summed E-state index contributed by atoms with van der Waals surface area (Å²) >= 11 is 3.76. The van der Waals surface area contributed by atoms with Crippen LogP contribution in [0.3, 0.4) is 0 Å². The lowest BCUT2D eigenvalue weighted by atomic mass is 10.00. The fraction of sp³-hybridized carbons (Fsp3) is 0. The molecule has 0 aliphatic rings. The summed E-state index contributed by atoms with van der Waals surface area (Å²) in [5.74, 6) is 0. The maximum Gasteiger partial charge on any atom is 0.0467 e. The smallest absolute Gasteiger partial charge is 0.0467 e. The van der Waals surface area contributed by atoms with Crippen LogP contribution in [0.25, 0.3) is 84.5 Å². The number of nitrogens with zero attached hydrogens (tertiary/aromatic N) is 1. The first-order valence-corrected chi connectivity index (χ1v) is 20.3. The van der Waals surface area contributed by atoms with E-state index in [1.165, 1.54) is 84.5 Å². The van der Waals surface area contributed by atoms with E-state index >= 15 is 0 Å². The number of benzene rings is 9. The Morgan fingerprint density at radius 1 is 0.309 bits per heavy atom. The Morgan fingerprint density at radius 3 is 1.78 bits per heavy atom. The molecule has 2 aromatic heterocycles. The van der Waals surface area contributed by atoms with E-state index in [2.05, 4.69) is 205 Å². The number of rotatable bonds is 6. The maximum atomic E-state index is 2.38. The molecule has 0 aliphatic heterocycles. The molecule has 0 saturated carbocycles. The minimum absolute atomic E-state index is 1.11. The Kier molecular flexibility index (Phi) is 7.61. The first-order chi connectivity index (χ1) is 27.2. The van der Waals surface area contributed by atoms with Gasteiger partial charge in [0.2, 0.25) is 0 Å². The van der Waals surface area contributed by atoms with Crippen LogP contribution in [0, 0.1) is 0 Å². The Morgan fingerprint density at radius 2 is 0.945 bits per heavy atom. The molecule has 0 bridgehead atoms. The molecule has 0 fully saturated rings. The van der Waals surface area contributed by atoms with E-state index in [4.69, 9.17) is 0 Å². The van der Waals surface area contributed by atoms with Crippen molar-refractivity contribution in [3.05, 3.63) is 200 Å². The van der Waals surface area contributed by atoms with Crippen LogP contribution in [-0.4, -0.2) is 0 Å². The normalized spacial score (nSPS) is 11.6. The summed E-state index contributed by atoms with van der Waals surface area (Å²) < 4.78 is 5.31. The van der Waals surface area contributed by atoms with Crippen LogP contribution in [0.5, 0.6) is 0 Å². The first-order valence-electron chi connectivity index (χ1n) is 18.7. The third kappa shape index (κ3) is 5.51. The lowest BCUT2D eigenvalue weighted by Gasteiger charge is -2.26. The van der Waals surface area contributed by atoms with Gasteiger partial charge < -0.3 is 4.90 Å². The molecule has 55 heavy (non-hydrogen) atoms. The van der Waals surface area contributed by atoms with Gasteiger partial charge in [0.25, 0.3) is 0 Å². The zero-order valence-corrected chi connectivity index (χ0v) is 31.4. The van der Waals surface area contributed by atoms with Crippen LogP contribution in [0.15, 0.2) is 200 Å². The maximum absolute atomic E-state index is 2.38. The van der Waals surface area contributed by atoms with Gasteiger partial charge in [0, 0.05) is 57.4 Å². The Bertz CT molecular complexity index is 3190. The molecule has 2 heterocycles. The summed E-state index contributed by atoms with van der Waals surface area (Å²) in [7, 11) is 0. The van der Waals surface area contributed by atoms with E-state index in [9.17, 15) is 0 Å². The fourth-order valence-corrected chi connectivity index (χ4v) is 10.6. The molecular formula is C52H33NS2. The molecule has 258 valence electrons. The zero-order valence-electron chi connectivity index (χ0n) is 29.8. The molecule has 0 N–H and O–H groups in total. The van der Waals surface area contributed by atoms with Crippen molar-refractivity contribution in [2.45, 2.75) is 0 Å². The van der Waals surface area contributed by atoms with E-state index in [-0.39, 0.29) is 0 Å². The number of hydrogen-bond donors (Lipinski definition) is 0. The highest BCUT2D eigenvalue weighted by Gasteiger charge is 2.16. The monoisotopic (exact) mass is 735 g/mol.